The van der Waals surface area contributed by atoms with Crippen molar-refractivity contribution in [3.05, 3.63) is 45.7 Å². The minimum Gasteiger partial charge on any atom is -0.390 e. The fourth-order valence-electron chi connectivity index (χ4n) is 2.03. The maximum atomic E-state index is 12.2. The molecule has 0 atom stereocenters. The highest BCUT2D eigenvalue weighted by Gasteiger charge is 2.12. The van der Waals surface area contributed by atoms with Crippen LogP contribution in [0.25, 0.3) is 10.9 Å². The van der Waals surface area contributed by atoms with E-state index in [-0.39, 0.29) is 5.43 Å². The Morgan fingerprint density at radius 3 is 2.70 bits per heavy atom. The third-order valence-electron chi connectivity index (χ3n) is 3.36. The molecule has 0 saturated heterocycles. The molecule has 1 heterocycles. The van der Waals surface area contributed by atoms with Crippen LogP contribution in [0.5, 0.6) is 0 Å². The van der Waals surface area contributed by atoms with Gasteiger partial charge in [0, 0.05) is 28.8 Å². The van der Waals surface area contributed by atoms with E-state index in [1.165, 1.54) is 0 Å². The van der Waals surface area contributed by atoms with Crippen LogP contribution in [-0.4, -0.2) is 22.3 Å². The highest BCUT2D eigenvalue weighted by atomic mass is 16.5. The van der Waals surface area contributed by atoms with Crippen molar-refractivity contribution in [3.8, 4) is 0 Å². The first-order chi connectivity index (χ1) is 9.38. The van der Waals surface area contributed by atoms with E-state index in [4.69, 9.17) is 4.74 Å². The summed E-state index contributed by atoms with van der Waals surface area (Å²) in [6, 6.07) is 7.46. The topological polar surface area (TPSA) is 62.3 Å². The SMILES string of the molecule is Cc1c(COCCC(C)(C)O)[nH]c2ccccc2c1=O. The normalized spacial score (nSPS) is 12.0. The summed E-state index contributed by atoms with van der Waals surface area (Å²) in [4.78, 5) is 15.5. The number of pyridine rings is 1. The van der Waals surface area contributed by atoms with Crippen molar-refractivity contribution in [2.75, 3.05) is 6.61 Å². The molecule has 0 bridgehead atoms. The van der Waals surface area contributed by atoms with E-state index in [1.54, 1.807) is 20.8 Å². The van der Waals surface area contributed by atoms with Gasteiger partial charge in [0.25, 0.3) is 0 Å². The molecule has 108 valence electrons. The van der Waals surface area contributed by atoms with Gasteiger partial charge in [0.1, 0.15) is 0 Å². The number of hydrogen-bond donors (Lipinski definition) is 2. The molecule has 2 N–H and O–H groups in total. The van der Waals surface area contributed by atoms with Crippen LogP contribution in [0.4, 0.5) is 0 Å². The monoisotopic (exact) mass is 275 g/mol. The second-order valence-electron chi connectivity index (χ2n) is 5.72. The third-order valence-corrected chi connectivity index (χ3v) is 3.36. The van der Waals surface area contributed by atoms with Crippen molar-refractivity contribution < 1.29 is 9.84 Å². The fourth-order valence-corrected chi connectivity index (χ4v) is 2.03. The Labute approximate surface area is 118 Å². The molecular weight excluding hydrogens is 254 g/mol. The molecule has 0 aliphatic carbocycles. The van der Waals surface area contributed by atoms with Crippen molar-refractivity contribution in [2.45, 2.75) is 39.4 Å². The molecule has 0 amide bonds. The molecule has 0 saturated carbocycles. The summed E-state index contributed by atoms with van der Waals surface area (Å²) in [5, 5.41) is 10.3. The minimum absolute atomic E-state index is 0.0421. The highest BCUT2D eigenvalue weighted by Crippen LogP contribution is 2.12. The van der Waals surface area contributed by atoms with E-state index in [2.05, 4.69) is 4.98 Å². The first-order valence-electron chi connectivity index (χ1n) is 6.79. The smallest absolute Gasteiger partial charge is 0.192 e. The molecule has 0 fully saturated rings. The molecule has 4 heteroatoms. The second-order valence-corrected chi connectivity index (χ2v) is 5.72. The van der Waals surface area contributed by atoms with E-state index in [0.717, 1.165) is 11.2 Å². The molecule has 4 nitrogen and oxygen atoms in total. The largest absolute Gasteiger partial charge is 0.390 e. The summed E-state index contributed by atoms with van der Waals surface area (Å²) in [6.07, 6.45) is 0.559. The zero-order chi connectivity index (χ0) is 14.8. The van der Waals surface area contributed by atoms with Crippen LogP contribution < -0.4 is 5.43 Å². The number of fused-ring (bicyclic) bond motifs is 1. The summed E-state index contributed by atoms with van der Waals surface area (Å²) in [7, 11) is 0. The quantitative estimate of drug-likeness (QED) is 0.824. The molecule has 1 aromatic heterocycles. The summed E-state index contributed by atoms with van der Waals surface area (Å²) in [5.74, 6) is 0. The van der Waals surface area contributed by atoms with E-state index in [0.29, 0.717) is 30.6 Å². The number of ether oxygens (including phenoxy) is 1. The Morgan fingerprint density at radius 2 is 2.00 bits per heavy atom. The average Bonchev–Trinajstić information content (AvgIpc) is 2.39. The summed E-state index contributed by atoms with van der Waals surface area (Å²) < 4.78 is 5.55. The van der Waals surface area contributed by atoms with Gasteiger partial charge in [0.2, 0.25) is 0 Å². The number of rotatable bonds is 5. The van der Waals surface area contributed by atoms with Crippen molar-refractivity contribution in [2.24, 2.45) is 0 Å². The van der Waals surface area contributed by atoms with Crippen LogP contribution in [0.2, 0.25) is 0 Å². The van der Waals surface area contributed by atoms with Gasteiger partial charge in [0.05, 0.1) is 12.2 Å². The van der Waals surface area contributed by atoms with Crippen LogP contribution in [0.15, 0.2) is 29.1 Å². The lowest BCUT2D eigenvalue weighted by molar-refractivity contribution is 0.0230. The number of aliphatic hydroxyl groups is 1. The lowest BCUT2D eigenvalue weighted by Gasteiger charge is -2.17. The van der Waals surface area contributed by atoms with Crippen LogP contribution in [0.1, 0.15) is 31.5 Å². The Kier molecular flexibility index (Phi) is 4.26. The molecular formula is C16H21NO3. The number of aromatic amines is 1. The Morgan fingerprint density at radius 1 is 1.30 bits per heavy atom. The van der Waals surface area contributed by atoms with Gasteiger partial charge < -0.3 is 14.8 Å². The summed E-state index contributed by atoms with van der Waals surface area (Å²) in [6.45, 7) is 6.11. The van der Waals surface area contributed by atoms with Crippen LogP contribution in [0, 0.1) is 6.92 Å². The van der Waals surface area contributed by atoms with E-state index >= 15 is 0 Å². The van der Waals surface area contributed by atoms with Crippen LogP contribution in [-0.2, 0) is 11.3 Å². The van der Waals surface area contributed by atoms with E-state index < -0.39 is 5.60 Å². The van der Waals surface area contributed by atoms with E-state index in [9.17, 15) is 9.90 Å². The average molecular weight is 275 g/mol. The van der Waals surface area contributed by atoms with Crippen molar-refractivity contribution in [3.63, 3.8) is 0 Å². The number of benzene rings is 1. The van der Waals surface area contributed by atoms with Gasteiger partial charge in [-0.05, 0) is 39.3 Å². The number of hydrogen-bond acceptors (Lipinski definition) is 3. The molecule has 0 radical (unpaired) electrons. The van der Waals surface area contributed by atoms with Crippen molar-refractivity contribution in [1.29, 1.82) is 0 Å². The Hall–Kier alpha value is -1.65. The number of H-pyrrole nitrogens is 1. The van der Waals surface area contributed by atoms with Gasteiger partial charge in [-0.15, -0.1) is 0 Å². The van der Waals surface area contributed by atoms with Crippen LogP contribution >= 0.6 is 0 Å². The molecule has 0 aliphatic heterocycles. The molecule has 2 aromatic rings. The highest BCUT2D eigenvalue weighted by molar-refractivity contribution is 5.79. The van der Waals surface area contributed by atoms with E-state index in [1.807, 2.05) is 24.3 Å². The predicted octanol–water partition coefficient (Wildman–Crippen LogP) is 2.51. The van der Waals surface area contributed by atoms with Crippen molar-refractivity contribution >= 4 is 10.9 Å². The molecule has 0 spiro atoms. The fraction of sp³-hybridized carbons (Fsp3) is 0.438. The number of para-hydroxylation sites is 1. The standard InChI is InChI=1S/C16H21NO3/c1-11-14(10-20-9-8-16(2,3)19)17-13-7-5-4-6-12(13)15(11)18/h4-7,19H,8-10H2,1-3H3,(H,17,18). The third kappa shape index (κ3) is 3.46. The maximum absolute atomic E-state index is 12.2. The summed E-state index contributed by atoms with van der Waals surface area (Å²) >= 11 is 0. The van der Waals surface area contributed by atoms with Gasteiger partial charge in [-0.25, -0.2) is 0 Å². The van der Waals surface area contributed by atoms with Crippen LogP contribution in [0.3, 0.4) is 0 Å². The molecule has 1 aromatic carbocycles. The minimum atomic E-state index is -0.730. The second kappa shape index (κ2) is 5.77. The van der Waals surface area contributed by atoms with Gasteiger partial charge in [-0.3, -0.25) is 4.79 Å². The molecule has 0 aliphatic rings. The van der Waals surface area contributed by atoms with Gasteiger partial charge >= 0.3 is 0 Å². The van der Waals surface area contributed by atoms with Crippen molar-refractivity contribution in [1.82, 2.24) is 4.98 Å². The number of nitrogens with one attached hydrogen (secondary N) is 1. The number of aromatic nitrogens is 1. The maximum Gasteiger partial charge on any atom is 0.192 e. The predicted molar refractivity (Wildman–Crippen MR) is 79.9 cm³/mol. The first-order valence-corrected chi connectivity index (χ1v) is 6.79. The molecule has 20 heavy (non-hydrogen) atoms. The summed E-state index contributed by atoms with van der Waals surface area (Å²) in [5.41, 5.74) is 1.62. The van der Waals surface area contributed by atoms with Gasteiger partial charge in [0.15, 0.2) is 5.43 Å². The zero-order valence-corrected chi connectivity index (χ0v) is 12.2. The molecule has 0 unspecified atom stereocenters. The first kappa shape index (κ1) is 14.8. The van der Waals surface area contributed by atoms with Gasteiger partial charge in [-0.2, -0.15) is 0 Å². The zero-order valence-electron chi connectivity index (χ0n) is 12.2. The molecule has 2 rings (SSSR count). The Balaban J connectivity index is 2.15. The van der Waals surface area contributed by atoms with Gasteiger partial charge in [-0.1, -0.05) is 12.1 Å². The lowest BCUT2D eigenvalue weighted by atomic mass is 10.1. The Bertz CT molecular complexity index is 653. The lowest BCUT2D eigenvalue weighted by Crippen LogP contribution is -2.21.